The van der Waals surface area contributed by atoms with Gasteiger partial charge in [0.15, 0.2) is 0 Å². The molecule has 0 bridgehead atoms. The van der Waals surface area contributed by atoms with Crippen LogP contribution in [0.2, 0.25) is 0 Å². The normalized spacial score (nSPS) is 11.0. The number of halogens is 2. The summed E-state index contributed by atoms with van der Waals surface area (Å²) in [6.45, 7) is 0.265. The molecule has 0 aromatic heterocycles. The minimum atomic E-state index is -0.404. The van der Waals surface area contributed by atoms with E-state index in [1.807, 2.05) is 36.4 Å². The zero-order valence-electron chi connectivity index (χ0n) is 17.7. The zero-order chi connectivity index (χ0) is 23.2. The van der Waals surface area contributed by atoms with Gasteiger partial charge in [-0.2, -0.15) is 5.10 Å². The molecule has 0 heterocycles. The van der Waals surface area contributed by atoms with Crippen LogP contribution in [0, 0.1) is 5.82 Å². The molecule has 0 spiro atoms. The van der Waals surface area contributed by atoms with E-state index in [1.54, 1.807) is 36.5 Å². The van der Waals surface area contributed by atoms with Crippen molar-refractivity contribution in [3.8, 4) is 11.5 Å². The van der Waals surface area contributed by atoms with Crippen LogP contribution in [0.15, 0.2) is 88.4 Å². The Bertz CT molecular complexity index is 1320. The van der Waals surface area contributed by atoms with Gasteiger partial charge < -0.3 is 9.47 Å². The van der Waals surface area contributed by atoms with Crippen molar-refractivity contribution < 1.29 is 18.7 Å². The van der Waals surface area contributed by atoms with Crippen molar-refractivity contribution in [1.29, 1.82) is 0 Å². The fourth-order valence-electron chi connectivity index (χ4n) is 3.35. The van der Waals surface area contributed by atoms with Gasteiger partial charge in [-0.1, -0.05) is 58.4 Å². The van der Waals surface area contributed by atoms with Gasteiger partial charge in [0.1, 0.15) is 23.9 Å². The summed E-state index contributed by atoms with van der Waals surface area (Å²) < 4.78 is 25.2. The highest BCUT2D eigenvalue weighted by molar-refractivity contribution is 9.10. The van der Waals surface area contributed by atoms with E-state index in [-0.39, 0.29) is 12.4 Å². The Morgan fingerprint density at radius 2 is 1.79 bits per heavy atom. The standard InChI is InChI=1S/C26H20BrFN2O3/c1-32-24-13-9-19(27)14-22(24)26(31)30-29-15-23-21-5-3-2-4-18(21)8-12-25(23)33-16-17-6-10-20(28)11-7-17/h2-15H,16H2,1H3,(H,30,31)/b29-15-. The lowest BCUT2D eigenvalue weighted by Gasteiger charge is -2.12. The molecule has 0 aliphatic heterocycles. The van der Waals surface area contributed by atoms with Gasteiger partial charge in [-0.25, -0.2) is 9.82 Å². The maximum atomic E-state index is 13.2. The first-order valence-corrected chi connectivity index (χ1v) is 10.9. The largest absolute Gasteiger partial charge is 0.496 e. The Morgan fingerprint density at radius 1 is 1.03 bits per heavy atom. The van der Waals surface area contributed by atoms with Gasteiger partial charge >= 0.3 is 0 Å². The number of nitrogens with zero attached hydrogens (tertiary/aromatic N) is 1. The van der Waals surface area contributed by atoms with Crippen molar-refractivity contribution in [2.45, 2.75) is 6.61 Å². The van der Waals surface area contributed by atoms with Crippen molar-refractivity contribution in [1.82, 2.24) is 5.43 Å². The second-order valence-electron chi connectivity index (χ2n) is 7.16. The van der Waals surface area contributed by atoms with Gasteiger partial charge in [0.25, 0.3) is 5.91 Å². The average Bonchev–Trinajstić information content (AvgIpc) is 2.84. The van der Waals surface area contributed by atoms with E-state index >= 15 is 0 Å². The first-order valence-electron chi connectivity index (χ1n) is 10.1. The van der Waals surface area contributed by atoms with E-state index in [0.717, 1.165) is 26.4 Å². The van der Waals surface area contributed by atoms with E-state index in [9.17, 15) is 9.18 Å². The van der Waals surface area contributed by atoms with E-state index in [0.29, 0.717) is 17.1 Å². The molecule has 0 radical (unpaired) electrons. The van der Waals surface area contributed by atoms with Crippen LogP contribution < -0.4 is 14.9 Å². The van der Waals surface area contributed by atoms with Crippen LogP contribution in [-0.4, -0.2) is 19.2 Å². The molecule has 0 unspecified atom stereocenters. The fourth-order valence-corrected chi connectivity index (χ4v) is 3.71. The molecule has 0 aliphatic rings. The lowest BCUT2D eigenvalue weighted by molar-refractivity contribution is 0.0952. The number of carbonyl (C=O) groups is 1. The van der Waals surface area contributed by atoms with Crippen LogP contribution in [0.4, 0.5) is 4.39 Å². The molecular formula is C26H20BrFN2O3. The number of hydrogen-bond donors (Lipinski definition) is 1. The highest BCUT2D eigenvalue weighted by atomic mass is 79.9. The summed E-state index contributed by atoms with van der Waals surface area (Å²) in [5, 5.41) is 6.11. The number of carbonyl (C=O) groups excluding carboxylic acids is 1. The predicted molar refractivity (Wildman–Crippen MR) is 130 cm³/mol. The molecule has 33 heavy (non-hydrogen) atoms. The van der Waals surface area contributed by atoms with Crippen molar-refractivity contribution >= 4 is 38.8 Å². The molecule has 4 rings (SSSR count). The average molecular weight is 507 g/mol. The van der Waals surface area contributed by atoms with Crippen LogP contribution in [0.5, 0.6) is 11.5 Å². The number of ether oxygens (including phenoxy) is 2. The van der Waals surface area contributed by atoms with Crippen molar-refractivity contribution in [2.24, 2.45) is 5.10 Å². The molecule has 7 heteroatoms. The Kier molecular flexibility index (Phi) is 7.00. The van der Waals surface area contributed by atoms with Crippen LogP contribution in [-0.2, 0) is 6.61 Å². The van der Waals surface area contributed by atoms with Gasteiger partial charge in [0, 0.05) is 10.0 Å². The van der Waals surface area contributed by atoms with Crippen molar-refractivity contribution in [3.63, 3.8) is 0 Å². The van der Waals surface area contributed by atoms with Gasteiger partial charge in [-0.05, 0) is 52.7 Å². The quantitative estimate of drug-likeness (QED) is 0.243. The lowest BCUT2D eigenvalue weighted by Crippen LogP contribution is -2.18. The number of nitrogens with one attached hydrogen (secondary N) is 1. The van der Waals surface area contributed by atoms with Gasteiger partial charge in [0.05, 0.1) is 18.9 Å². The summed E-state index contributed by atoms with van der Waals surface area (Å²) >= 11 is 3.36. The zero-order valence-corrected chi connectivity index (χ0v) is 19.3. The molecule has 1 amide bonds. The molecule has 0 saturated carbocycles. The topological polar surface area (TPSA) is 59.9 Å². The summed E-state index contributed by atoms with van der Waals surface area (Å²) in [5.74, 6) is 0.337. The Morgan fingerprint density at radius 3 is 2.58 bits per heavy atom. The van der Waals surface area contributed by atoms with Crippen LogP contribution in [0.25, 0.3) is 10.8 Å². The minimum absolute atomic E-state index is 0.265. The summed E-state index contributed by atoms with van der Waals surface area (Å²) in [5.41, 5.74) is 4.46. The summed E-state index contributed by atoms with van der Waals surface area (Å²) in [6.07, 6.45) is 1.56. The molecule has 0 saturated heterocycles. The van der Waals surface area contributed by atoms with Gasteiger partial charge in [-0.3, -0.25) is 4.79 Å². The Hall–Kier alpha value is -3.71. The highest BCUT2D eigenvalue weighted by Gasteiger charge is 2.13. The maximum Gasteiger partial charge on any atom is 0.275 e. The van der Waals surface area contributed by atoms with Crippen molar-refractivity contribution in [3.05, 3.63) is 106 Å². The van der Waals surface area contributed by atoms with E-state index in [4.69, 9.17) is 9.47 Å². The number of rotatable bonds is 7. The summed E-state index contributed by atoms with van der Waals surface area (Å²) in [7, 11) is 1.50. The molecule has 0 atom stereocenters. The second kappa shape index (κ2) is 10.3. The minimum Gasteiger partial charge on any atom is -0.496 e. The monoisotopic (exact) mass is 506 g/mol. The number of amides is 1. The molecule has 0 fully saturated rings. The lowest BCUT2D eigenvalue weighted by atomic mass is 10.0. The molecule has 4 aromatic carbocycles. The smallest absolute Gasteiger partial charge is 0.275 e. The van der Waals surface area contributed by atoms with E-state index in [2.05, 4.69) is 26.5 Å². The SMILES string of the molecule is COc1ccc(Br)cc1C(=O)N/N=C\c1c(OCc2ccc(F)cc2)ccc2ccccc12. The second-order valence-corrected chi connectivity index (χ2v) is 8.07. The van der Waals surface area contributed by atoms with Crippen LogP contribution in [0.3, 0.4) is 0 Å². The maximum absolute atomic E-state index is 13.2. The van der Waals surface area contributed by atoms with E-state index in [1.165, 1.54) is 19.2 Å². The molecule has 166 valence electrons. The van der Waals surface area contributed by atoms with Crippen LogP contribution in [0.1, 0.15) is 21.5 Å². The summed E-state index contributed by atoms with van der Waals surface area (Å²) in [6, 6.07) is 22.9. The number of hydrazone groups is 1. The molecule has 4 aromatic rings. The number of benzene rings is 4. The molecule has 1 N–H and O–H groups in total. The Balaban J connectivity index is 1.59. The first-order chi connectivity index (χ1) is 16.0. The number of hydrogen-bond acceptors (Lipinski definition) is 4. The van der Waals surface area contributed by atoms with E-state index < -0.39 is 5.91 Å². The molecule has 5 nitrogen and oxygen atoms in total. The van der Waals surface area contributed by atoms with Crippen LogP contribution >= 0.6 is 15.9 Å². The fraction of sp³-hybridized carbons (Fsp3) is 0.0769. The Labute approximate surface area is 199 Å². The van der Waals surface area contributed by atoms with Gasteiger partial charge in [0.2, 0.25) is 0 Å². The van der Waals surface area contributed by atoms with Crippen molar-refractivity contribution in [2.75, 3.05) is 7.11 Å². The first kappa shape index (κ1) is 22.5. The highest BCUT2D eigenvalue weighted by Crippen LogP contribution is 2.28. The third kappa shape index (κ3) is 5.38. The number of methoxy groups -OCH3 is 1. The number of fused-ring (bicyclic) bond motifs is 1. The molecule has 0 aliphatic carbocycles. The summed E-state index contributed by atoms with van der Waals surface area (Å²) in [4.78, 5) is 12.7. The third-order valence-corrected chi connectivity index (χ3v) is 5.50. The van der Waals surface area contributed by atoms with Gasteiger partial charge in [-0.15, -0.1) is 0 Å². The molecular weight excluding hydrogens is 487 g/mol. The third-order valence-electron chi connectivity index (χ3n) is 5.00. The predicted octanol–water partition coefficient (Wildman–Crippen LogP) is 6.09.